The minimum Gasteiger partial charge on any atom is -0.370 e. The van der Waals surface area contributed by atoms with Crippen molar-refractivity contribution in [3.63, 3.8) is 0 Å². The van der Waals surface area contributed by atoms with Crippen LogP contribution in [0.2, 0.25) is 0 Å². The second-order valence-electron chi connectivity index (χ2n) is 10.5. The van der Waals surface area contributed by atoms with Crippen LogP contribution in [0, 0.1) is 0 Å². The molecule has 0 saturated carbocycles. The predicted molar refractivity (Wildman–Crippen MR) is 190 cm³/mol. The molecule has 39 heavy (non-hydrogen) atoms. The Kier molecular flexibility index (Phi) is 23.7. The smallest absolute Gasteiger partial charge is 0.370 e. The van der Waals surface area contributed by atoms with E-state index in [0.29, 0.717) is 0 Å². The summed E-state index contributed by atoms with van der Waals surface area (Å²) in [5.41, 5.74) is 0. The first-order chi connectivity index (χ1) is 18.1. The molecule has 0 aliphatic carbocycles. The highest BCUT2D eigenvalue weighted by Crippen LogP contribution is 2.58. The Labute approximate surface area is 269 Å². The van der Waals surface area contributed by atoms with E-state index >= 15 is 0 Å². The lowest BCUT2D eigenvalue weighted by molar-refractivity contribution is 0.000492. The van der Waals surface area contributed by atoms with E-state index in [1.165, 1.54) is 0 Å². The molecular weight excluding hydrogens is 665 g/mol. The van der Waals surface area contributed by atoms with Gasteiger partial charge in [0, 0.05) is 36.6 Å². The van der Waals surface area contributed by atoms with Gasteiger partial charge in [-0.2, -0.15) is 0 Å². The van der Waals surface area contributed by atoms with Crippen LogP contribution >= 0.6 is 70.7 Å². The summed E-state index contributed by atoms with van der Waals surface area (Å²) in [6, 6.07) is 0. The van der Waals surface area contributed by atoms with Crippen molar-refractivity contribution in [1.29, 1.82) is 0 Å². The highest BCUT2D eigenvalue weighted by atomic mass is 33.9. The fourth-order valence-corrected chi connectivity index (χ4v) is 30.2. The summed E-state index contributed by atoms with van der Waals surface area (Å²) in [5, 5.41) is 0. The van der Waals surface area contributed by atoms with Crippen molar-refractivity contribution in [3.8, 4) is 0 Å². The molecule has 0 bridgehead atoms. The van der Waals surface area contributed by atoms with Crippen molar-refractivity contribution in [2.24, 2.45) is 0 Å². The van der Waals surface area contributed by atoms with E-state index in [1.807, 2.05) is 21.6 Å². The summed E-state index contributed by atoms with van der Waals surface area (Å²) in [6.07, 6.45) is 2.10. The summed E-state index contributed by atoms with van der Waals surface area (Å²) in [4.78, 5) is 0.306. The van der Waals surface area contributed by atoms with Crippen LogP contribution in [-0.2, 0) is 26.6 Å². The highest BCUT2D eigenvalue weighted by molar-refractivity contribution is 9.46. The molecule has 0 N–H and O–H groups in total. The summed E-state index contributed by atoms with van der Waals surface area (Å²) in [7, 11) is 6.66. The second kappa shape index (κ2) is 22.2. The van der Waals surface area contributed by atoms with Crippen LogP contribution in [0.25, 0.3) is 0 Å². The molecule has 15 heteroatoms. The van der Waals surface area contributed by atoms with Gasteiger partial charge in [0.1, 0.15) is 0 Å². The van der Waals surface area contributed by atoms with Crippen molar-refractivity contribution in [1.82, 2.24) is 0 Å². The maximum absolute atomic E-state index is 6.46. The largest absolute Gasteiger partial charge is 0.516 e. The fraction of sp³-hybridized carbons (Fsp3) is 1.00. The van der Waals surface area contributed by atoms with Crippen LogP contribution in [0.15, 0.2) is 0 Å². The third-order valence-electron chi connectivity index (χ3n) is 4.35. The van der Waals surface area contributed by atoms with Gasteiger partial charge in [-0.15, -0.1) is 0 Å². The Morgan fingerprint density at radius 1 is 0.385 bits per heavy atom. The zero-order valence-electron chi connectivity index (χ0n) is 26.3. The van der Waals surface area contributed by atoms with Gasteiger partial charge in [0.2, 0.25) is 0 Å². The highest BCUT2D eigenvalue weighted by Gasteiger charge is 2.53. The molecule has 0 amide bonds. The SMILES string of the molecule is CCC(SSSSSSSC(CC)[Si](OC(C)C)(OC(C)C)OC(C)C)[Si](OC(C)C)(OC(C)C)OC(C)C. The molecule has 0 saturated heterocycles. The van der Waals surface area contributed by atoms with E-state index in [4.69, 9.17) is 26.6 Å². The number of hydrogen-bond acceptors (Lipinski definition) is 13. The lowest BCUT2D eigenvalue weighted by Gasteiger charge is -2.38. The summed E-state index contributed by atoms with van der Waals surface area (Å²) in [6.45, 7) is 29.1. The third-order valence-corrected chi connectivity index (χ3v) is 28.5. The Hall–Kier alpha value is 2.64. The van der Waals surface area contributed by atoms with Gasteiger partial charge in [-0.1, -0.05) is 35.4 Å². The van der Waals surface area contributed by atoms with Crippen LogP contribution < -0.4 is 0 Å². The van der Waals surface area contributed by atoms with Crippen LogP contribution in [0.3, 0.4) is 0 Å². The third kappa shape index (κ3) is 17.6. The summed E-state index contributed by atoms with van der Waals surface area (Å²) < 4.78 is 38.8. The summed E-state index contributed by atoms with van der Waals surface area (Å²) in [5.74, 6) is 0. The Morgan fingerprint density at radius 3 is 0.769 bits per heavy atom. The molecule has 2 atom stereocenters. The molecule has 0 rings (SSSR count). The summed E-state index contributed by atoms with van der Waals surface area (Å²) >= 11 is 0. The lowest BCUT2D eigenvalue weighted by atomic mass is 10.5. The molecule has 0 radical (unpaired) electrons. The molecule has 0 spiro atoms. The molecule has 2 unspecified atom stereocenters. The molecule has 0 heterocycles. The van der Waals surface area contributed by atoms with Crippen molar-refractivity contribution in [2.75, 3.05) is 0 Å². The van der Waals surface area contributed by atoms with Gasteiger partial charge in [0.25, 0.3) is 0 Å². The van der Waals surface area contributed by atoms with Gasteiger partial charge in [0.15, 0.2) is 0 Å². The maximum Gasteiger partial charge on any atom is 0.516 e. The number of rotatable bonds is 24. The van der Waals surface area contributed by atoms with Crippen LogP contribution in [-0.4, -0.2) is 64.0 Å². The quantitative estimate of drug-likeness (QED) is 0.0541. The van der Waals surface area contributed by atoms with Gasteiger partial charge in [-0.25, -0.2) is 0 Å². The van der Waals surface area contributed by atoms with Gasteiger partial charge in [-0.05, 0) is 145 Å². The molecule has 0 aromatic rings. The monoisotopic (exact) mass is 718 g/mol. The Balaban J connectivity index is 5.12. The standard InChI is InChI=1S/C24H54O6S7Si2/c1-15-23(38(25-17(3)4,26-18(5)6)27-19(7)8)31-33-35-37-36-34-32-24(16-2)39(28-20(9)10,29-21(11)12)30-22(13)14/h17-24H,15-16H2,1-14H3. The minimum atomic E-state index is -2.90. The van der Waals surface area contributed by atoms with Gasteiger partial charge in [0.05, 0.1) is 9.75 Å². The average molecular weight is 719 g/mol. The first kappa shape index (κ1) is 41.6. The van der Waals surface area contributed by atoms with Crippen LogP contribution in [0.1, 0.15) is 110 Å². The number of hydrogen-bond donors (Lipinski definition) is 0. The van der Waals surface area contributed by atoms with Crippen molar-refractivity contribution >= 4 is 88.3 Å². The zero-order chi connectivity index (χ0) is 30.2. The normalized spacial score (nSPS) is 15.1. The van der Waals surface area contributed by atoms with Crippen LogP contribution in [0.4, 0.5) is 0 Å². The van der Waals surface area contributed by atoms with E-state index in [0.717, 1.165) is 12.8 Å². The van der Waals surface area contributed by atoms with Crippen LogP contribution in [0.5, 0.6) is 0 Å². The van der Waals surface area contributed by atoms with Crippen molar-refractivity contribution < 1.29 is 26.6 Å². The zero-order valence-corrected chi connectivity index (χ0v) is 34.1. The molecule has 0 aromatic carbocycles. The molecule has 0 aliphatic rings. The molecule has 236 valence electrons. The van der Waals surface area contributed by atoms with E-state index < -0.39 is 17.6 Å². The molecule has 0 fully saturated rings. The molecular formula is C24H54O6S7Si2. The van der Waals surface area contributed by atoms with E-state index in [-0.39, 0.29) is 46.4 Å². The first-order valence-electron chi connectivity index (χ1n) is 13.8. The van der Waals surface area contributed by atoms with Gasteiger partial charge in [-0.3, -0.25) is 0 Å². The average Bonchev–Trinajstić information content (AvgIpc) is 2.74. The Bertz CT molecular complexity index is 518. The predicted octanol–water partition coefficient (Wildman–Crippen LogP) is 10.7. The minimum absolute atomic E-state index is 0.0426. The van der Waals surface area contributed by atoms with E-state index in [9.17, 15) is 0 Å². The first-order valence-corrected chi connectivity index (χ1v) is 26.4. The second-order valence-corrected chi connectivity index (χ2v) is 28.1. The molecule has 0 aromatic heterocycles. The Morgan fingerprint density at radius 2 is 0.590 bits per heavy atom. The molecule has 6 nitrogen and oxygen atoms in total. The maximum atomic E-state index is 6.46. The van der Waals surface area contributed by atoms with Gasteiger partial charge < -0.3 is 26.6 Å². The van der Waals surface area contributed by atoms with Crippen molar-refractivity contribution in [3.05, 3.63) is 0 Å². The van der Waals surface area contributed by atoms with E-state index in [1.54, 1.807) is 49.1 Å². The molecule has 0 aliphatic heterocycles. The van der Waals surface area contributed by atoms with E-state index in [2.05, 4.69) is 96.9 Å². The topological polar surface area (TPSA) is 55.4 Å². The van der Waals surface area contributed by atoms with Gasteiger partial charge >= 0.3 is 17.6 Å². The lowest BCUT2D eigenvalue weighted by Crippen LogP contribution is -2.58. The fourth-order valence-electron chi connectivity index (χ4n) is 3.51. The van der Waals surface area contributed by atoms with Crippen molar-refractivity contribution in [2.45, 2.75) is 156 Å².